The van der Waals surface area contributed by atoms with Crippen LogP contribution < -0.4 is 10.9 Å². The van der Waals surface area contributed by atoms with Crippen molar-refractivity contribution >= 4 is 11.8 Å². The number of amides is 2. The van der Waals surface area contributed by atoms with E-state index < -0.39 is 23.6 Å². The van der Waals surface area contributed by atoms with Crippen LogP contribution in [0.4, 0.5) is 13.2 Å². The molecule has 144 valence electrons. The predicted molar refractivity (Wildman–Crippen MR) is 95.9 cm³/mol. The van der Waals surface area contributed by atoms with Crippen molar-refractivity contribution in [2.75, 3.05) is 0 Å². The number of aryl methyl sites for hydroxylation is 1. The number of carbonyl (C=O) groups is 2. The number of hydrazine groups is 1. The lowest BCUT2D eigenvalue weighted by Crippen LogP contribution is -2.42. The first-order valence-corrected chi connectivity index (χ1v) is 8.56. The summed E-state index contributed by atoms with van der Waals surface area (Å²) in [5.41, 5.74) is 6.06. The molecule has 0 saturated carbocycles. The number of benzene rings is 2. The molecule has 0 aliphatic carbocycles. The molecule has 0 bridgehead atoms. The van der Waals surface area contributed by atoms with Gasteiger partial charge in [-0.3, -0.25) is 20.4 Å². The highest BCUT2D eigenvalue weighted by molar-refractivity contribution is 5.95. The normalized spacial score (nSPS) is 12.3. The second-order valence-corrected chi connectivity index (χ2v) is 6.28. The van der Waals surface area contributed by atoms with Gasteiger partial charge in [-0.15, -0.1) is 0 Å². The molecule has 1 unspecified atom stereocenters. The highest BCUT2D eigenvalue weighted by Gasteiger charge is 2.30. The average molecular weight is 378 g/mol. The van der Waals surface area contributed by atoms with Gasteiger partial charge in [0.2, 0.25) is 5.91 Å². The molecule has 2 N–H and O–H groups in total. The third-order valence-electron chi connectivity index (χ3n) is 4.24. The lowest BCUT2D eigenvalue weighted by molar-refractivity contribution is -0.137. The van der Waals surface area contributed by atoms with Crippen LogP contribution in [-0.2, 0) is 17.4 Å². The van der Waals surface area contributed by atoms with Crippen LogP contribution >= 0.6 is 0 Å². The minimum absolute atomic E-state index is 0.0282. The molecule has 7 heteroatoms. The van der Waals surface area contributed by atoms with Crippen LogP contribution in [0, 0.1) is 0 Å². The van der Waals surface area contributed by atoms with Gasteiger partial charge >= 0.3 is 6.18 Å². The Morgan fingerprint density at radius 1 is 0.963 bits per heavy atom. The lowest BCUT2D eigenvalue weighted by Gasteiger charge is -2.14. The molecule has 0 heterocycles. The topological polar surface area (TPSA) is 58.2 Å². The zero-order valence-corrected chi connectivity index (χ0v) is 15.1. The van der Waals surface area contributed by atoms with E-state index in [1.165, 1.54) is 12.1 Å². The van der Waals surface area contributed by atoms with Crippen molar-refractivity contribution in [1.29, 1.82) is 0 Å². The Kier molecular flexibility index (Phi) is 6.60. The Morgan fingerprint density at radius 2 is 1.56 bits per heavy atom. The Hall–Kier alpha value is -2.83. The maximum Gasteiger partial charge on any atom is 0.416 e. The fourth-order valence-electron chi connectivity index (χ4n) is 2.54. The fourth-order valence-corrected chi connectivity index (χ4v) is 2.54. The van der Waals surface area contributed by atoms with Crippen molar-refractivity contribution in [2.24, 2.45) is 0 Å². The van der Waals surface area contributed by atoms with E-state index >= 15 is 0 Å². The third kappa shape index (κ3) is 5.84. The van der Waals surface area contributed by atoms with Gasteiger partial charge in [0, 0.05) is 12.0 Å². The van der Waals surface area contributed by atoms with E-state index in [4.69, 9.17) is 0 Å². The standard InChI is InChI=1S/C20H21F3N2O2/c1-3-14-4-6-16(7-5-14)19(27)25-24-18(26)12-13(2)15-8-10-17(11-9-15)20(21,22)23/h4-11,13H,3,12H2,1-2H3,(H,24,26)(H,25,27). The number of carbonyl (C=O) groups excluding carboxylic acids is 2. The van der Waals surface area contributed by atoms with Gasteiger partial charge in [-0.1, -0.05) is 38.1 Å². The van der Waals surface area contributed by atoms with Crippen LogP contribution in [-0.4, -0.2) is 11.8 Å². The summed E-state index contributed by atoms with van der Waals surface area (Å²) >= 11 is 0. The van der Waals surface area contributed by atoms with Crippen LogP contribution in [0.2, 0.25) is 0 Å². The molecule has 27 heavy (non-hydrogen) atoms. The summed E-state index contributed by atoms with van der Waals surface area (Å²) in [6.07, 6.45) is -3.50. The van der Waals surface area contributed by atoms with Crippen LogP contribution in [0.3, 0.4) is 0 Å². The fraction of sp³-hybridized carbons (Fsp3) is 0.300. The number of hydrogen-bond donors (Lipinski definition) is 2. The smallest absolute Gasteiger partial charge is 0.273 e. The molecule has 0 fully saturated rings. The highest BCUT2D eigenvalue weighted by Crippen LogP contribution is 2.30. The molecule has 4 nitrogen and oxygen atoms in total. The van der Waals surface area contributed by atoms with E-state index in [1.807, 2.05) is 19.1 Å². The van der Waals surface area contributed by atoms with E-state index in [-0.39, 0.29) is 12.3 Å². The Bertz CT molecular complexity index is 784. The van der Waals surface area contributed by atoms with Crippen molar-refractivity contribution in [2.45, 2.75) is 38.8 Å². The molecular formula is C20H21F3N2O2. The summed E-state index contributed by atoms with van der Waals surface area (Å²) in [7, 11) is 0. The Morgan fingerprint density at radius 3 is 2.07 bits per heavy atom. The summed E-state index contributed by atoms with van der Waals surface area (Å²) in [5, 5.41) is 0. The minimum Gasteiger partial charge on any atom is -0.273 e. The number of halogens is 3. The Balaban J connectivity index is 1.86. The van der Waals surface area contributed by atoms with Gasteiger partial charge in [0.25, 0.3) is 5.91 Å². The van der Waals surface area contributed by atoms with Gasteiger partial charge in [0.15, 0.2) is 0 Å². The summed E-state index contributed by atoms with van der Waals surface area (Å²) in [5.74, 6) is -1.16. The van der Waals surface area contributed by atoms with Crippen LogP contribution in [0.1, 0.15) is 53.2 Å². The summed E-state index contributed by atoms with van der Waals surface area (Å²) < 4.78 is 37.8. The van der Waals surface area contributed by atoms with E-state index in [0.29, 0.717) is 11.1 Å². The van der Waals surface area contributed by atoms with Crippen LogP contribution in [0.5, 0.6) is 0 Å². The zero-order chi connectivity index (χ0) is 20.0. The quantitative estimate of drug-likeness (QED) is 0.766. The monoisotopic (exact) mass is 378 g/mol. The molecule has 0 aromatic heterocycles. The van der Waals surface area contributed by atoms with Crippen molar-refractivity contribution in [3.63, 3.8) is 0 Å². The van der Waals surface area contributed by atoms with Gasteiger partial charge in [0.05, 0.1) is 5.56 Å². The average Bonchev–Trinajstić information content (AvgIpc) is 2.65. The van der Waals surface area contributed by atoms with E-state index in [0.717, 1.165) is 24.1 Å². The molecule has 2 amide bonds. The van der Waals surface area contributed by atoms with Crippen molar-refractivity contribution in [3.8, 4) is 0 Å². The lowest BCUT2D eigenvalue weighted by atomic mass is 9.96. The molecule has 0 aliphatic heterocycles. The minimum atomic E-state index is -4.39. The van der Waals surface area contributed by atoms with Crippen molar-refractivity contribution in [3.05, 3.63) is 70.8 Å². The molecule has 1 atom stereocenters. The van der Waals surface area contributed by atoms with Crippen molar-refractivity contribution < 1.29 is 22.8 Å². The molecule has 0 saturated heterocycles. The number of nitrogens with one attached hydrogen (secondary N) is 2. The van der Waals surface area contributed by atoms with Crippen LogP contribution in [0.15, 0.2) is 48.5 Å². The van der Waals surface area contributed by atoms with Crippen LogP contribution in [0.25, 0.3) is 0 Å². The number of alkyl halides is 3. The predicted octanol–water partition coefficient (Wildman–Crippen LogP) is 4.22. The molecule has 2 aromatic carbocycles. The molecule has 0 spiro atoms. The summed E-state index contributed by atoms with van der Waals surface area (Å²) in [6, 6.07) is 11.7. The van der Waals surface area contributed by atoms with E-state index in [9.17, 15) is 22.8 Å². The van der Waals surface area contributed by atoms with Gasteiger partial charge in [0.1, 0.15) is 0 Å². The SMILES string of the molecule is CCc1ccc(C(=O)NNC(=O)CC(C)c2ccc(C(F)(F)F)cc2)cc1. The summed E-state index contributed by atoms with van der Waals surface area (Å²) in [4.78, 5) is 24.0. The van der Waals surface area contributed by atoms with Gasteiger partial charge in [-0.25, -0.2) is 0 Å². The van der Waals surface area contributed by atoms with E-state index in [1.54, 1.807) is 19.1 Å². The molecule has 2 aromatic rings. The zero-order valence-electron chi connectivity index (χ0n) is 15.1. The first-order chi connectivity index (χ1) is 12.7. The third-order valence-corrected chi connectivity index (χ3v) is 4.24. The first-order valence-electron chi connectivity index (χ1n) is 8.56. The molecular weight excluding hydrogens is 357 g/mol. The Labute approximate surface area is 155 Å². The largest absolute Gasteiger partial charge is 0.416 e. The number of rotatable bonds is 5. The second-order valence-electron chi connectivity index (χ2n) is 6.28. The maximum atomic E-state index is 12.6. The molecule has 0 aliphatic rings. The van der Waals surface area contributed by atoms with Gasteiger partial charge in [-0.05, 0) is 47.7 Å². The van der Waals surface area contributed by atoms with E-state index in [2.05, 4.69) is 10.9 Å². The molecule has 2 rings (SSSR count). The van der Waals surface area contributed by atoms with Crippen molar-refractivity contribution in [1.82, 2.24) is 10.9 Å². The van der Waals surface area contributed by atoms with Gasteiger partial charge in [-0.2, -0.15) is 13.2 Å². The maximum absolute atomic E-state index is 12.6. The number of hydrogen-bond acceptors (Lipinski definition) is 2. The highest BCUT2D eigenvalue weighted by atomic mass is 19.4. The first kappa shape index (κ1) is 20.5. The second kappa shape index (κ2) is 8.70. The summed E-state index contributed by atoms with van der Waals surface area (Å²) in [6.45, 7) is 3.74. The molecule has 0 radical (unpaired) electrons. The van der Waals surface area contributed by atoms with Gasteiger partial charge < -0.3 is 0 Å².